The van der Waals surface area contributed by atoms with E-state index in [1.54, 1.807) is 12.1 Å². The maximum atomic E-state index is 12.3. The maximum Gasteiger partial charge on any atom is 0.166 e. The second kappa shape index (κ2) is 7.27. The van der Waals surface area contributed by atoms with Crippen LogP contribution in [0.1, 0.15) is 53.1 Å². The molecule has 0 aromatic heterocycles. The molecule has 1 aliphatic carbocycles. The fourth-order valence-electron chi connectivity index (χ4n) is 3.49. The zero-order valence-electron chi connectivity index (χ0n) is 13.7. The maximum absolute atomic E-state index is 12.3. The van der Waals surface area contributed by atoms with Crippen LogP contribution in [-0.4, -0.2) is 18.0 Å². The molecule has 0 bridgehead atoms. The van der Waals surface area contributed by atoms with Crippen molar-refractivity contribution in [2.45, 2.75) is 38.0 Å². The average Bonchev–Trinajstić information content (AvgIpc) is 2.96. The van der Waals surface area contributed by atoms with Crippen LogP contribution in [0.5, 0.6) is 11.5 Å². The first-order valence-electron chi connectivity index (χ1n) is 8.27. The van der Waals surface area contributed by atoms with E-state index in [9.17, 15) is 9.90 Å². The van der Waals surface area contributed by atoms with Gasteiger partial charge in [0.15, 0.2) is 5.78 Å². The number of fused-ring (bicyclic) bond motifs is 1. The number of halogens is 1. The van der Waals surface area contributed by atoms with E-state index in [0.717, 1.165) is 30.7 Å². The van der Waals surface area contributed by atoms with Gasteiger partial charge in [-0.25, -0.2) is 0 Å². The molecule has 0 heterocycles. The highest BCUT2D eigenvalue weighted by Crippen LogP contribution is 2.38. The number of aryl methyl sites for hydroxylation is 1. The van der Waals surface area contributed by atoms with Crippen LogP contribution in [0.4, 0.5) is 0 Å². The van der Waals surface area contributed by atoms with E-state index < -0.39 is 0 Å². The summed E-state index contributed by atoms with van der Waals surface area (Å²) in [6.45, 7) is 0. The number of hydrogen-bond donors (Lipinski definition) is 1. The number of Topliss-reactive ketones (excluding diaryl/α,β-unsaturated/α-hetero) is 1. The molecule has 2 aromatic rings. The van der Waals surface area contributed by atoms with E-state index in [2.05, 4.69) is 12.1 Å². The zero-order chi connectivity index (χ0) is 17.1. The number of phenolic OH excluding ortho intramolecular Hbond substituents is 1. The highest BCUT2D eigenvalue weighted by molar-refractivity contribution is 6.30. The van der Waals surface area contributed by atoms with Gasteiger partial charge in [0, 0.05) is 17.5 Å². The first-order valence-corrected chi connectivity index (χ1v) is 8.65. The number of ether oxygens (including phenoxy) is 1. The predicted octanol–water partition coefficient (Wildman–Crippen LogP) is 5.14. The van der Waals surface area contributed by atoms with E-state index in [-0.39, 0.29) is 11.5 Å². The van der Waals surface area contributed by atoms with Crippen molar-refractivity contribution >= 4 is 17.4 Å². The number of methoxy groups -OCH3 is 1. The summed E-state index contributed by atoms with van der Waals surface area (Å²) in [7, 11) is 1.53. The molecule has 4 heteroatoms. The van der Waals surface area contributed by atoms with Gasteiger partial charge in [0.05, 0.1) is 12.7 Å². The number of carbonyl (C=O) groups is 1. The van der Waals surface area contributed by atoms with Crippen molar-refractivity contribution in [3.63, 3.8) is 0 Å². The van der Waals surface area contributed by atoms with Crippen LogP contribution in [0.25, 0.3) is 0 Å². The molecule has 0 fully saturated rings. The average molecular weight is 345 g/mol. The molecule has 0 radical (unpaired) electrons. The third-order valence-electron chi connectivity index (χ3n) is 4.77. The van der Waals surface area contributed by atoms with Crippen LogP contribution in [-0.2, 0) is 6.42 Å². The first kappa shape index (κ1) is 16.8. The lowest BCUT2D eigenvalue weighted by molar-refractivity contribution is 0.0976. The minimum absolute atomic E-state index is 0.0137. The molecule has 1 aliphatic rings. The van der Waals surface area contributed by atoms with E-state index >= 15 is 0 Å². The quantitative estimate of drug-likeness (QED) is 0.738. The Morgan fingerprint density at radius 2 is 2.12 bits per heavy atom. The zero-order valence-corrected chi connectivity index (χ0v) is 14.5. The highest BCUT2D eigenvalue weighted by atomic mass is 35.5. The summed E-state index contributed by atoms with van der Waals surface area (Å²) in [6, 6.07) is 10.9. The molecule has 24 heavy (non-hydrogen) atoms. The number of hydrogen-bond acceptors (Lipinski definition) is 3. The van der Waals surface area contributed by atoms with Gasteiger partial charge in [-0.3, -0.25) is 4.79 Å². The summed E-state index contributed by atoms with van der Waals surface area (Å²) in [5, 5.41) is 10.7. The van der Waals surface area contributed by atoms with Crippen LogP contribution in [0.15, 0.2) is 36.4 Å². The molecule has 0 aliphatic heterocycles. The lowest BCUT2D eigenvalue weighted by atomic mass is 9.94. The smallest absolute Gasteiger partial charge is 0.166 e. The van der Waals surface area contributed by atoms with E-state index in [1.165, 1.54) is 24.3 Å². The topological polar surface area (TPSA) is 46.5 Å². The van der Waals surface area contributed by atoms with Crippen LogP contribution in [0.2, 0.25) is 5.02 Å². The van der Waals surface area contributed by atoms with Crippen molar-refractivity contribution in [3.8, 4) is 11.5 Å². The van der Waals surface area contributed by atoms with Crippen molar-refractivity contribution in [2.75, 3.05) is 7.11 Å². The van der Waals surface area contributed by atoms with E-state index in [0.29, 0.717) is 23.7 Å². The van der Waals surface area contributed by atoms with Gasteiger partial charge in [-0.1, -0.05) is 17.7 Å². The minimum Gasteiger partial charge on any atom is -0.507 e. The van der Waals surface area contributed by atoms with Gasteiger partial charge in [-0.15, -0.1) is 0 Å². The Kier molecular flexibility index (Phi) is 5.10. The van der Waals surface area contributed by atoms with Crippen LogP contribution >= 0.6 is 11.6 Å². The van der Waals surface area contributed by atoms with Gasteiger partial charge in [0.2, 0.25) is 0 Å². The Balaban J connectivity index is 1.57. The normalized spacial score (nSPS) is 16.0. The van der Waals surface area contributed by atoms with Gasteiger partial charge in [0.1, 0.15) is 11.5 Å². The molecule has 2 aromatic carbocycles. The molecule has 0 spiro atoms. The number of aromatic hydroxyl groups is 1. The summed E-state index contributed by atoms with van der Waals surface area (Å²) in [4.78, 5) is 12.3. The van der Waals surface area contributed by atoms with Crippen molar-refractivity contribution < 1.29 is 14.6 Å². The van der Waals surface area contributed by atoms with Gasteiger partial charge in [-0.2, -0.15) is 0 Å². The van der Waals surface area contributed by atoms with Gasteiger partial charge in [0.25, 0.3) is 0 Å². The molecule has 3 nitrogen and oxygen atoms in total. The summed E-state index contributed by atoms with van der Waals surface area (Å²) in [5.74, 6) is 1.02. The predicted molar refractivity (Wildman–Crippen MR) is 95.4 cm³/mol. The van der Waals surface area contributed by atoms with Gasteiger partial charge >= 0.3 is 0 Å². The second-order valence-electron chi connectivity index (χ2n) is 6.28. The second-order valence-corrected chi connectivity index (χ2v) is 6.71. The fourth-order valence-corrected chi connectivity index (χ4v) is 3.69. The van der Waals surface area contributed by atoms with Crippen LogP contribution in [0, 0.1) is 0 Å². The lowest BCUT2D eigenvalue weighted by Crippen LogP contribution is -2.02. The van der Waals surface area contributed by atoms with E-state index in [1.807, 2.05) is 6.07 Å². The molecule has 1 unspecified atom stereocenters. The van der Waals surface area contributed by atoms with Crippen molar-refractivity contribution in [1.29, 1.82) is 0 Å². The fraction of sp³-hybridized carbons (Fsp3) is 0.350. The molecule has 1 atom stereocenters. The van der Waals surface area contributed by atoms with Gasteiger partial charge < -0.3 is 9.84 Å². The highest BCUT2D eigenvalue weighted by Gasteiger charge is 2.22. The lowest BCUT2D eigenvalue weighted by Gasteiger charge is -2.11. The molecule has 0 saturated heterocycles. The molecule has 1 N–H and O–H groups in total. The van der Waals surface area contributed by atoms with Crippen molar-refractivity contribution in [2.24, 2.45) is 0 Å². The van der Waals surface area contributed by atoms with Crippen LogP contribution in [0.3, 0.4) is 0 Å². The number of phenols is 1. The molecule has 0 saturated carbocycles. The summed E-state index contributed by atoms with van der Waals surface area (Å²) in [5.41, 5.74) is 3.08. The third-order valence-corrected chi connectivity index (χ3v) is 5.00. The SMILES string of the molecule is COc1ccc(C(=O)CCCC2CCc3cc(Cl)ccc32)c(O)c1. The van der Waals surface area contributed by atoms with Gasteiger partial charge in [-0.05, 0) is 67.0 Å². The minimum atomic E-state index is -0.0236. The van der Waals surface area contributed by atoms with Crippen molar-refractivity contribution in [1.82, 2.24) is 0 Å². The summed E-state index contributed by atoms with van der Waals surface area (Å²) < 4.78 is 5.04. The first-order chi connectivity index (χ1) is 11.6. The number of carbonyl (C=O) groups excluding carboxylic acids is 1. The Hall–Kier alpha value is -2.00. The molecule has 0 amide bonds. The molecular weight excluding hydrogens is 324 g/mol. The third kappa shape index (κ3) is 3.57. The number of benzene rings is 2. The summed E-state index contributed by atoms with van der Waals surface area (Å²) >= 11 is 6.04. The molecular formula is C20H21ClO3. The molecule has 3 rings (SSSR count). The van der Waals surface area contributed by atoms with Crippen LogP contribution < -0.4 is 4.74 Å². The Bertz CT molecular complexity index is 755. The monoisotopic (exact) mass is 344 g/mol. The standard InChI is InChI=1S/C20H21ClO3/c1-24-16-8-10-18(20(23)12-16)19(22)4-2-3-13-5-6-14-11-15(21)7-9-17(13)14/h7-13,23H,2-6H2,1H3. The van der Waals surface area contributed by atoms with E-state index in [4.69, 9.17) is 16.3 Å². The summed E-state index contributed by atoms with van der Waals surface area (Å²) in [6.07, 6.45) is 4.43. The largest absolute Gasteiger partial charge is 0.507 e. The number of ketones is 1. The Morgan fingerprint density at radius 3 is 2.88 bits per heavy atom. The Labute approximate surface area is 147 Å². The Morgan fingerprint density at radius 1 is 1.29 bits per heavy atom. The van der Waals surface area contributed by atoms with Crippen molar-refractivity contribution in [3.05, 3.63) is 58.1 Å². The number of rotatable bonds is 6. The molecule has 126 valence electrons.